The second-order valence-electron chi connectivity index (χ2n) is 11.8. The minimum Gasteiger partial charge on any atom is -0.455 e. The molecule has 0 atom stereocenters. The van der Waals surface area contributed by atoms with Crippen LogP contribution in [-0.4, -0.2) is 0 Å². The Morgan fingerprint density at radius 2 is 1.02 bits per heavy atom. The monoisotopic (exact) mass is 587 g/mol. The van der Waals surface area contributed by atoms with Crippen LogP contribution in [0.25, 0.3) is 65.7 Å². The Balaban J connectivity index is 1.21. The maximum absolute atomic E-state index is 6.55. The Labute approximate surface area is 267 Å². The highest BCUT2D eigenvalue weighted by Gasteiger charge is 2.18. The van der Waals surface area contributed by atoms with Gasteiger partial charge in [-0.1, -0.05) is 127 Å². The SMILES string of the molecule is c1ccc(-c2cccc(N(c3ccc(-c4cc5ccccc5c5c4oc4ccccc45)cc3)c3ccc4ccccc4c3)c2)cc1. The number of hydrogen-bond donors (Lipinski definition) is 0. The molecule has 0 fully saturated rings. The molecular formula is C44H29NO. The Morgan fingerprint density at radius 1 is 0.370 bits per heavy atom. The summed E-state index contributed by atoms with van der Waals surface area (Å²) < 4.78 is 6.55. The molecule has 0 saturated carbocycles. The van der Waals surface area contributed by atoms with E-state index in [9.17, 15) is 0 Å². The summed E-state index contributed by atoms with van der Waals surface area (Å²) in [6.07, 6.45) is 0. The van der Waals surface area contributed by atoms with E-state index in [0.717, 1.165) is 44.7 Å². The van der Waals surface area contributed by atoms with Crippen molar-refractivity contribution in [2.75, 3.05) is 4.90 Å². The lowest BCUT2D eigenvalue weighted by Gasteiger charge is -2.26. The van der Waals surface area contributed by atoms with E-state index in [4.69, 9.17) is 4.42 Å². The van der Waals surface area contributed by atoms with Crippen LogP contribution in [0.3, 0.4) is 0 Å². The fourth-order valence-corrected chi connectivity index (χ4v) is 6.80. The molecule has 0 radical (unpaired) electrons. The Morgan fingerprint density at radius 3 is 1.87 bits per heavy atom. The molecule has 0 saturated heterocycles. The van der Waals surface area contributed by atoms with Crippen LogP contribution >= 0.6 is 0 Å². The van der Waals surface area contributed by atoms with E-state index in [1.54, 1.807) is 0 Å². The first-order chi connectivity index (χ1) is 22.8. The van der Waals surface area contributed by atoms with E-state index in [0.29, 0.717) is 0 Å². The molecule has 8 aromatic carbocycles. The van der Waals surface area contributed by atoms with Crippen molar-refractivity contribution < 1.29 is 4.42 Å². The minimum atomic E-state index is 0.910. The van der Waals surface area contributed by atoms with Gasteiger partial charge in [-0.15, -0.1) is 0 Å². The van der Waals surface area contributed by atoms with Gasteiger partial charge >= 0.3 is 0 Å². The van der Waals surface area contributed by atoms with Crippen LogP contribution in [0.5, 0.6) is 0 Å². The molecule has 9 rings (SSSR count). The average molecular weight is 588 g/mol. The molecule has 0 aliphatic heterocycles. The lowest BCUT2D eigenvalue weighted by molar-refractivity contribution is 0.670. The number of furan rings is 1. The number of nitrogens with zero attached hydrogens (tertiary/aromatic N) is 1. The predicted molar refractivity (Wildman–Crippen MR) is 194 cm³/mol. The van der Waals surface area contributed by atoms with Crippen LogP contribution in [0.15, 0.2) is 180 Å². The molecule has 0 N–H and O–H groups in total. The first kappa shape index (κ1) is 26.3. The van der Waals surface area contributed by atoms with E-state index in [1.165, 1.54) is 38.1 Å². The summed E-state index contributed by atoms with van der Waals surface area (Å²) in [5, 5.41) is 7.17. The predicted octanol–water partition coefficient (Wildman–Crippen LogP) is 12.7. The molecule has 1 aromatic heterocycles. The molecule has 0 amide bonds. The third kappa shape index (κ3) is 4.43. The van der Waals surface area contributed by atoms with Crippen LogP contribution in [-0.2, 0) is 0 Å². The van der Waals surface area contributed by atoms with Gasteiger partial charge in [0.2, 0.25) is 0 Å². The Bertz CT molecular complexity index is 2530. The number of anilines is 3. The van der Waals surface area contributed by atoms with Gasteiger partial charge in [0, 0.05) is 33.4 Å². The highest BCUT2D eigenvalue weighted by Crippen LogP contribution is 2.43. The van der Waals surface area contributed by atoms with Gasteiger partial charge in [0.1, 0.15) is 11.2 Å². The van der Waals surface area contributed by atoms with Gasteiger partial charge in [0.25, 0.3) is 0 Å². The highest BCUT2D eigenvalue weighted by molar-refractivity contribution is 6.22. The van der Waals surface area contributed by atoms with Crippen molar-refractivity contribution in [2.24, 2.45) is 0 Å². The highest BCUT2D eigenvalue weighted by atomic mass is 16.3. The van der Waals surface area contributed by atoms with E-state index in [1.807, 2.05) is 6.07 Å². The zero-order valence-corrected chi connectivity index (χ0v) is 25.1. The lowest BCUT2D eigenvalue weighted by Crippen LogP contribution is -2.10. The first-order valence-corrected chi connectivity index (χ1v) is 15.7. The standard InChI is InChI=1S/C44H29NO/c1-2-11-30(12-3-1)34-16-10-17-37(27-34)45(38-26-21-31-13-4-5-14-33(31)28-38)36-24-22-32(23-25-36)41-29-35-15-6-7-18-39(35)43-40-19-8-9-20-42(40)46-44(41)43/h1-29H. The van der Waals surface area contributed by atoms with Crippen molar-refractivity contribution in [1.29, 1.82) is 0 Å². The van der Waals surface area contributed by atoms with Crippen molar-refractivity contribution in [1.82, 2.24) is 0 Å². The summed E-state index contributed by atoms with van der Waals surface area (Å²) in [6.45, 7) is 0. The fraction of sp³-hybridized carbons (Fsp3) is 0. The van der Waals surface area contributed by atoms with Gasteiger partial charge in [0.15, 0.2) is 0 Å². The summed E-state index contributed by atoms with van der Waals surface area (Å²) in [5.41, 5.74) is 9.74. The molecule has 1 heterocycles. The fourth-order valence-electron chi connectivity index (χ4n) is 6.80. The molecular weight excluding hydrogens is 558 g/mol. The normalized spacial score (nSPS) is 11.5. The summed E-state index contributed by atoms with van der Waals surface area (Å²) in [6, 6.07) is 62.7. The second-order valence-corrected chi connectivity index (χ2v) is 11.8. The summed E-state index contributed by atoms with van der Waals surface area (Å²) in [4.78, 5) is 2.35. The van der Waals surface area contributed by atoms with Gasteiger partial charge in [-0.25, -0.2) is 0 Å². The van der Waals surface area contributed by atoms with E-state index in [-0.39, 0.29) is 0 Å². The Hall–Kier alpha value is -6.12. The third-order valence-corrected chi connectivity index (χ3v) is 9.01. The number of hydrogen-bond acceptors (Lipinski definition) is 2. The van der Waals surface area contributed by atoms with Gasteiger partial charge in [-0.3, -0.25) is 0 Å². The second kappa shape index (κ2) is 10.8. The average Bonchev–Trinajstić information content (AvgIpc) is 3.52. The van der Waals surface area contributed by atoms with Gasteiger partial charge in [-0.2, -0.15) is 0 Å². The molecule has 0 spiro atoms. The topological polar surface area (TPSA) is 16.4 Å². The minimum absolute atomic E-state index is 0.910. The summed E-state index contributed by atoms with van der Waals surface area (Å²) in [7, 11) is 0. The van der Waals surface area contributed by atoms with Crippen molar-refractivity contribution >= 4 is 60.5 Å². The zero-order chi connectivity index (χ0) is 30.5. The Kier molecular flexibility index (Phi) is 6.17. The van der Waals surface area contributed by atoms with Crippen LogP contribution in [0.4, 0.5) is 17.1 Å². The number of para-hydroxylation sites is 1. The van der Waals surface area contributed by atoms with Gasteiger partial charge < -0.3 is 9.32 Å². The molecule has 216 valence electrons. The molecule has 9 aromatic rings. The van der Waals surface area contributed by atoms with Crippen LogP contribution < -0.4 is 4.90 Å². The zero-order valence-electron chi connectivity index (χ0n) is 25.1. The van der Waals surface area contributed by atoms with Gasteiger partial charge in [-0.05, 0) is 86.8 Å². The molecule has 2 nitrogen and oxygen atoms in total. The van der Waals surface area contributed by atoms with Crippen molar-refractivity contribution in [3.63, 3.8) is 0 Å². The molecule has 0 aliphatic carbocycles. The van der Waals surface area contributed by atoms with Crippen LogP contribution in [0, 0.1) is 0 Å². The van der Waals surface area contributed by atoms with Crippen LogP contribution in [0.1, 0.15) is 0 Å². The molecule has 2 heteroatoms. The van der Waals surface area contributed by atoms with Crippen molar-refractivity contribution in [3.8, 4) is 22.3 Å². The van der Waals surface area contributed by atoms with Gasteiger partial charge in [0.05, 0.1) is 0 Å². The third-order valence-electron chi connectivity index (χ3n) is 9.01. The molecule has 0 aliphatic rings. The molecule has 0 unspecified atom stereocenters. The first-order valence-electron chi connectivity index (χ1n) is 15.7. The lowest BCUT2D eigenvalue weighted by atomic mass is 9.96. The number of fused-ring (bicyclic) bond motifs is 6. The summed E-state index contributed by atoms with van der Waals surface area (Å²) >= 11 is 0. The van der Waals surface area contributed by atoms with E-state index in [2.05, 4.69) is 175 Å². The van der Waals surface area contributed by atoms with E-state index >= 15 is 0 Å². The smallest absolute Gasteiger partial charge is 0.143 e. The largest absolute Gasteiger partial charge is 0.455 e. The number of rotatable bonds is 5. The quantitative estimate of drug-likeness (QED) is 0.199. The van der Waals surface area contributed by atoms with Crippen molar-refractivity contribution in [3.05, 3.63) is 176 Å². The summed E-state index contributed by atoms with van der Waals surface area (Å²) in [5.74, 6) is 0. The van der Waals surface area contributed by atoms with E-state index < -0.39 is 0 Å². The molecule has 46 heavy (non-hydrogen) atoms. The maximum Gasteiger partial charge on any atom is 0.143 e. The maximum atomic E-state index is 6.55. The van der Waals surface area contributed by atoms with Crippen LogP contribution in [0.2, 0.25) is 0 Å². The molecule has 0 bridgehead atoms. The number of benzene rings is 8. The van der Waals surface area contributed by atoms with Crippen molar-refractivity contribution in [2.45, 2.75) is 0 Å².